The van der Waals surface area contributed by atoms with Crippen molar-refractivity contribution in [2.45, 2.75) is 38.0 Å². The summed E-state index contributed by atoms with van der Waals surface area (Å²) in [5.41, 5.74) is -1.97. The van der Waals surface area contributed by atoms with E-state index >= 15 is 0 Å². The fourth-order valence-electron chi connectivity index (χ4n) is 1.14. The van der Waals surface area contributed by atoms with Crippen molar-refractivity contribution < 1.29 is 13.9 Å². The first-order valence-electron chi connectivity index (χ1n) is 4.30. The topological polar surface area (TPSA) is 46.3 Å². The van der Waals surface area contributed by atoms with Crippen LogP contribution in [-0.4, -0.2) is 10.1 Å². The number of halogens is 1. The van der Waals surface area contributed by atoms with Gasteiger partial charge in [0.05, 0.1) is 0 Å². The van der Waals surface area contributed by atoms with Crippen LogP contribution in [-0.2, 0) is 11.3 Å². The number of rotatable bonds is 2. The van der Waals surface area contributed by atoms with Crippen LogP contribution in [0.25, 0.3) is 0 Å². The lowest BCUT2D eigenvalue weighted by molar-refractivity contribution is 0.145. The van der Waals surface area contributed by atoms with Gasteiger partial charge in [-0.15, -0.1) is 0 Å². The third-order valence-corrected chi connectivity index (χ3v) is 2.21. The van der Waals surface area contributed by atoms with E-state index in [-0.39, 0.29) is 5.89 Å². The largest absolute Gasteiger partial charge is 0.445 e. The maximum atomic E-state index is 13.3. The van der Waals surface area contributed by atoms with E-state index in [2.05, 4.69) is 4.98 Å². The van der Waals surface area contributed by atoms with Crippen LogP contribution < -0.4 is 0 Å². The van der Waals surface area contributed by atoms with Gasteiger partial charge in [0.2, 0.25) is 5.89 Å². The minimum atomic E-state index is -1.58. The fourth-order valence-corrected chi connectivity index (χ4v) is 1.14. The third kappa shape index (κ3) is 1.46. The van der Waals surface area contributed by atoms with Gasteiger partial charge in [0.15, 0.2) is 5.67 Å². The van der Waals surface area contributed by atoms with Gasteiger partial charge < -0.3 is 9.52 Å². The zero-order valence-corrected chi connectivity index (χ0v) is 7.67. The van der Waals surface area contributed by atoms with Gasteiger partial charge >= 0.3 is 0 Å². The van der Waals surface area contributed by atoms with Gasteiger partial charge in [0.25, 0.3) is 0 Å². The zero-order chi connectivity index (χ0) is 9.69. The van der Waals surface area contributed by atoms with Crippen molar-refractivity contribution in [3.8, 4) is 0 Å². The highest BCUT2D eigenvalue weighted by molar-refractivity contribution is 5.17. The molecule has 1 aromatic heterocycles. The smallest absolute Gasteiger partial charge is 0.231 e. The van der Waals surface area contributed by atoms with Crippen molar-refractivity contribution in [2.24, 2.45) is 0 Å². The van der Waals surface area contributed by atoms with E-state index in [0.717, 1.165) is 0 Å². The second kappa shape index (κ2) is 2.32. The van der Waals surface area contributed by atoms with Crippen LogP contribution in [0.3, 0.4) is 0 Å². The van der Waals surface area contributed by atoms with Crippen LogP contribution in [0.5, 0.6) is 0 Å². The van der Waals surface area contributed by atoms with Crippen molar-refractivity contribution in [3.05, 3.63) is 17.8 Å². The van der Waals surface area contributed by atoms with Gasteiger partial charge in [-0.05, 0) is 26.7 Å². The molecule has 1 aromatic rings. The van der Waals surface area contributed by atoms with Crippen molar-refractivity contribution in [3.63, 3.8) is 0 Å². The summed E-state index contributed by atoms with van der Waals surface area (Å²) in [6.07, 6.45) is 2.71. The molecule has 0 spiro atoms. The number of aliphatic hydroxyl groups is 1. The standard InChI is InChI=1S/C9H12FNO2/c1-8(2,10)7-11-6(5-13-7)9(12)3-4-9/h5,12H,3-4H2,1-2H3. The predicted molar refractivity (Wildman–Crippen MR) is 43.8 cm³/mol. The molecule has 1 aliphatic carbocycles. The Balaban J connectivity index is 2.29. The van der Waals surface area contributed by atoms with Crippen molar-refractivity contribution in [2.75, 3.05) is 0 Å². The molecule has 1 fully saturated rings. The monoisotopic (exact) mass is 185 g/mol. The summed E-state index contributed by atoms with van der Waals surface area (Å²) < 4.78 is 18.3. The fraction of sp³-hybridized carbons (Fsp3) is 0.667. The SMILES string of the molecule is CC(C)(F)c1nc(C2(O)CC2)co1. The van der Waals surface area contributed by atoms with E-state index < -0.39 is 11.3 Å². The Morgan fingerprint density at radius 3 is 2.62 bits per heavy atom. The molecule has 0 aliphatic heterocycles. The van der Waals surface area contributed by atoms with Gasteiger partial charge in [-0.25, -0.2) is 9.37 Å². The number of hydrogen-bond donors (Lipinski definition) is 1. The second-order valence-corrected chi connectivity index (χ2v) is 4.04. The van der Waals surface area contributed by atoms with Crippen molar-refractivity contribution in [1.82, 2.24) is 4.98 Å². The van der Waals surface area contributed by atoms with Crippen LogP contribution in [0.1, 0.15) is 38.3 Å². The molecular formula is C9H12FNO2. The first-order valence-corrected chi connectivity index (χ1v) is 4.30. The molecule has 0 amide bonds. The molecule has 0 unspecified atom stereocenters. The van der Waals surface area contributed by atoms with Crippen molar-refractivity contribution >= 4 is 0 Å². The first-order chi connectivity index (χ1) is 5.92. The Morgan fingerprint density at radius 2 is 2.23 bits per heavy atom. The maximum Gasteiger partial charge on any atom is 0.231 e. The molecule has 0 aromatic carbocycles. The molecule has 0 saturated heterocycles. The summed E-state index contributed by atoms with van der Waals surface area (Å²) in [6.45, 7) is 2.75. The molecule has 13 heavy (non-hydrogen) atoms. The average Bonchev–Trinajstić information content (AvgIpc) is 2.60. The molecule has 0 bridgehead atoms. The van der Waals surface area contributed by atoms with Crippen LogP contribution in [0.15, 0.2) is 10.7 Å². The molecule has 1 aliphatic rings. The number of alkyl halides is 1. The summed E-state index contributed by atoms with van der Waals surface area (Å²) >= 11 is 0. The molecule has 0 atom stereocenters. The van der Waals surface area contributed by atoms with Gasteiger partial charge in [-0.1, -0.05) is 0 Å². The van der Waals surface area contributed by atoms with Crippen molar-refractivity contribution in [1.29, 1.82) is 0 Å². The minimum Gasteiger partial charge on any atom is -0.445 e. The summed E-state index contributed by atoms with van der Waals surface area (Å²) in [5, 5.41) is 9.63. The quantitative estimate of drug-likeness (QED) is 0.764. The minimum absolute atomic E-state index is 0.0304. The zero-order valence-electron chi connectivity index (χ0n) is 7.67. The summed E-state index contributed by atoms with van der Waals surface area (Å²) in [5.74, 6) is 0.0304. The summed E-state index contributed by atoms with van der Waals surface area (Å²) in [4.78, 5) is 3.92. The lowest BCUT2D eigenvalue weighted by atomic mass is 10.2. The van der Waals surface area contributed by atoms with E-state index in [1.807, 2.05) is 0 Å². The van der Waals surface area contributed by atoms with Crippen LogP contribution in [0.4, 0.5) is 4.39 Å². The molecule has 4 heteroatoms. The van der Waals surface area contributed by atoms with E-state index in [4.69, 9.17) is 4.42 Å². The molecule has 1 saturated carbocycles. The van der Waals surface area contributed by atoms with Crippen LogP contribution in [0, 0.1) is 0 Å². The van der Waals surface area contributed by atoms with Gasteiger partial charge in [-0.2, -0.15) is 0 Å². The Labute approximate surface area is 75.6 Å². The normalized spacial score (nSPS) is 20.3. The van der Waals surface area contributed by atoms with Crippen LogP contribution in [0.2, 0.25) is 0 Å². The molecule has 1 N–H and O–H groups in total. The number of hydrogen-bond acceptors (Lipinski definition) is 3. The van der Waals surface area contributed by atoms with Crippen LogP contribution >= 0.6 is 0 Å². The first kappa shape index (κ1) is 8.69. The molecular weight excluding hydrogens is 173 g/mol. The Bertz CT molecular complexity index is 303. The van der Waals surface area contributed by atoms with E-state index in [1.54, 1.807) is 0 Å². The maximum absolute atomic E-state index is 13.3. The highest BCUT2D eigenvalue weighted by atomic mass is 19.1. The lowest BCUT2D eigenvalue weighted by Crippen LogP contribution is -2.11. The molecule has 3 nitrogen and oxygen atoms in total. The summed E-state index contributed by atoms with van der Waals surface area (Å²) in [6, 6.07) is 0. The Hall–Kier alpha value is -0.900. The highest BCUT2D eigenvalue weighted by Gasteiger charge is 2.45. The Kier molecular flexibility index (Phi) is 1.55. The van der Waals surface area contributed by atoms with Gasteiger partial charge in [0.1, 0.15) is 17.6 Å². The lowest BCUT2D eigenvalue weighted by Gasteiger charge is -2.07. The Morgan fingerprint density at radius 1 is 1.62 bits per heavy atom. The molecule has 1 heterocycles. The number of aromatic nitrogens is 1. The number of oxazole rings is 1. The van der Waals surface area contributed by atoms with E-state index in [0.29, 0.717) is 18.5 Å². The van der Waals surface area contributed by atoms with Gasteiger partial charge in [-0.3, -0.25) is 0 Å². The van der Waals surface area contributed by atoms with E-state index in [1.165, 1.54) is 20.1 Å². The van der Waals surface area contributed by atoms with Gasteiger partial charge in [0, 0.05) is 0 Å². The summed E-state index contributed by atoms with van der Waals surface area (Å²) in [7, 11) is 0. The molecule has 0 radical (unpaired) electrons. The number of nitrogens with zero attached hydrogens (tertiary/aromatic N) is 1. The highest BCUT2D eigenvalue weighted by Crippen LogP contribution is 2.45. The van der Waals surface area contributed by atoms with E-state index in [9.17, 15) is 9.50 Å². The molecule has 72 valence electrons. The predicted octanol–water partition coefficient (Wildman–Crippen LogP) is 1.86. The average molecular weight is 185 g/mol. The third-order valence-electron chi connectivity index (χ3n) is 2.21. The molecule has 2 rings (SSSR count). The second-order valence-electron chi connectivity index (χ2n) is 4.04.